The molecule has 2 amide bonds. The molecule has 0 fully saturated rings. The molecular formula is C13H13ClN2O2. The van der Waals surface area contributed by atoms with Crippen molar-refractivity contribution in [2.24, 2.45) is 4.99 Å². The van der Waals surface area contributed by atoms with Crippen LogP contribution in [0.15, 0.2) is 29.3 Å². The van der Waals surface area contributed by atoms with Crippen LogP contribution < -0.4 is 5.32 Å². The minimum absolute atomic E-state index is 0.218. The van der Waals surface area contributed by atoms with E-state index in [1.807, 2.05) is 25.1 Å². The molecule has 4 nitrogen and oxygen atoms in total. The average molecular weight is 265 g/mol. The Kier molecular flexibility index (Phi) is 3.48. The molecule has 1 aromatic rings. The Morgan fingerprint density at radius 2 is 2.11 bits per heavy atom. The minimum Gasteiger partial charge on any atom is -0.312 e. The van der Waals surface area contributed by atoms with Gasteiger partial charge in [-0.05, 0) is 19.4 Å². The Morgan fingerprint density at radius 1 is 1.39 bits per heavy atom. The summed E-state index contributed by atoms with van der Waals surface area (Å²) in [6, 6.07) is 7.28. The van der Waals surface area contributed by atoms with Gasteiger partial charge in [0.1, 0.15) is 11.8 Å². The number of amidine groups is 1. The van der Waals surface area contributed by atoms with Crippen molar-refractivity contribution in [2.75, 3.05) is 0 Å². The predicted octanol–water partition coefficient (Wildman–Crippen LogP) is 1.76. The maximum atomic E-state index is 12.0. The Bertz CT molecular complexity index is 538. The van der Waals surface area contributed by atoms with Gasteiger partial charge in [0.05, 0.1) is 5.38 Å². The molecule has 0 aromatic heterocycles. The number of alkyl halides is 1. The van der Waals surface area contributed by atoms with E-state index in [2.05, 4.69) is 10.3 Å². The molecule has 0 saturated heterocycles. The van der Waals surface area contributed by atoms with Crippen LogP contribution in [-0.4, -0.2) is 23.0 Å². The average Bonchev–Trinajstić information content (AvgIpc) is 2.27. The van der Waals surface area contributed by atoms with Gasteiger partial charge in [0.2, 0.25) is 5.91 Å². The number of nitrogens with zero attached hydrogens (tertiary/aromatic N) is 1. The van der Waals surface area contributed by atoms with Crippen molar-refractivity contribution in [1.82, 2.24) is 5.32 Å². The molecule has 2 atom stereocenters. The van der Waals surface area contributed by atoms with E-state index in [0.29, 0.717) is 5.56 Å². The topological polar surface area (TPSA) is 58.5 Å². The summed E-state index contributed by atoms with van der Waals surface area (Å²) < 4.78 is 0. The second kappa shape index (κ2) is 4.90. The molecule has 0 saturated carbocycles. The molecule has 0 radical (unpaired) electrons. The monoisotopic (exact) mass is 264 g/mol. The van der Waals surface area contributed by atoms with Crippen LogP contribution in [-0.2, 0) is 9.59 Å². The highest BCUT2D eigenvalue weighted by Gasteiger charge is 2.34. The molecule has 1 aromatic carbocycles. The number of nitrogens with one attached hydrogen (secondary N) is 1. The predicted molar refractivity (Wildman–Crippen MR) is 69.8 cm³/mol. The number of halogens is 1. The molecule has 18 heavy (non-hydrogen) atoms. The molecule has 2 rings (SSSR count). The smallest absolute Gasteiger partial charge is 0.264 e. The van der Waals surface area contributed by atoms with Crippen LogP contribution >= 0.6 is 11.6 Å². The summed E-state index contributed by atoms with van der Waals surface area (Å²) in [4.78, 5) is 27.7. The summed E-state index contributed by atoms with van der Waals surface area (Å²) in [6.07, 6.45) is 0. The molecule has 0 bridgehead atoms. The number of aliphatic imine (C=N–C) groups is 1. The lowest BCUT2D eigenvalue weighted by atomic mass is 9.95. The van der Waals surface area contributed by atoms with E-state index in [9.17, 15) is 9.59 Å². The van der Waals surface area contributed by atoms with Crippen molar-refractivity contribution in [2.45, 2.75) is 25.1 Å². The third-order valence-corrected chi connectivity index (χ3v) is 2.95. The molecule has 1 heterocycles. The fourth-order valence-corrected chi connectivity index (χ4v) is 1.96. The van der Waals surface area contributed by atoms with Gasteiger partial charge in [0, 0.05) is 0 Å². The van der Waals surface area contributed by atoms with Crippen molar-refractivity contribution in [1.29, 1.82) is 0 Å². The number of aryl methyl sites for hydroxylation is 1. The summed E-state index contributed by atoms with van der Waals surface area (Å²) >= 11 is 5.81. The normalized spacial score (nSPS) is 21.3. The molecule has 2 unspecified atom stereocenters. The molecule has 94 valence electrons. The van der Waals surface area contributed by atoms with Crippen molar-refractivity contribution < 1.29 is 9.59 Å². The lowest BCUT2D eigenvalue weighted by molar-refractivity contribution is -0.129. The van der Waals surface area contributed by atoms with E-state index in [0.717, 1.165) is 5.56 Å². The standard InChI is InChI=1S/C13H13ClN2O2/c1-7-4-3-5-9(6-7)10-12(17)15-11(8(2)14)16-13(10)18/h3-6,8,10H,1-2H3,(H,15,16,17,18). The van der Waals surface area contributed by atoms with Crippen LogP contribution in [0.5, 0.6) is 0 Å². The van der Waals surface area contributed by atoms with Gasteiger partial charge in [-0.3, -0.25) is 9.59 Å². The minimum atomic E-state index is -0.871. The molecule has 5 heteroatoms. The maximum Gasteiger partial charge on any atom is 0.264 e. The number of amides is 2. The van der Waals surface area contributed by atoms with Gasteiger partial charge >= 0.3 is 0 Å². The number of rotatable bonds is 2. The van der Waals surface area contributed by atoms with Gasteiger partial charge in [0.15, 0.2) is 0 Å². The lowest BCUT2D eigenvalue weighted by Crippen LogP contribution is -2.45. The number of carbonyl (C=O) groups excluding carboxylic acids is 2. The first kappa shape index (κ1) is 12.8. The van der Waals surface area contributed by atoms with Crippen LogP contribution in [0.25, 0.3) is 0 Å². The second-order valence-corrected chi connectivity index (χ2v) is 4.94. The van der Waals surface area contributed by atoms with E-state index in [1.54, 1.807) is 13.0 Å². The van der Waals surface area contributed by atoms with Crippen LogP contribution in [0, 0.1) is 6.92 Å². The molecular weight excluding hydrogens is 252 g/mol. The van der Waals surface area contributed by atoms with Crippen molar-refractivity contribution in [3.63, 3.8) is 0 Å². The molecule has 0 aliphatic carbocycles. The van der Waals surface area contributed by atoms with Crippen LogP contribution in [0.1, 0.15) is 24.0 Å². The first-order chi connectivity index (χ1) is 8.49. The van der Waals surface area contributed by atoms with Crippen molar-refractivity contribution >= 4 is 29.3 Å². The Balaban J connectivity index is 2.36. The highest BCUT2D eigenvalue weighted by molar-refractivity contribution is 6.35. The molecule has 0 spiro atoms. The summed E-state index contributed by atoms with van der Waals surface area (Å²) in [5.74, 6) is -1.49. The van der Waals surface area contributed by atoms with E-state index in [4.69, 9.17) is 11.6 Å². The number of hydrogen-bond donors (Lipinski definition) is 1. The highest BCUT2D eigenvalue weighted by atomic mass is 35.5. The van der Waals surface area contributed by atoms with Gasteiger partial charge in [-0.15, -0.1) is 11.6 Å². The van der Waals surface area contributed by atoms with Gasteiger partial charge < -0.3 is 5.32 Å². The fraction of sp³-hybridized carbons (Fsp3) is 0.308. The Labute approximate surface area is 110 Å². The Morgan fingerprint density at radius 3 is 2.67 bits per heavy atom. The fourth-order valence-electron chi connectivity index (χ4n) is 1.85. The summed E-state index contributed by atoms with van der Waals surface area (Å²) in [5.41, 5.74) is 1.65. The highest BCUT2D eigenvalue weighted by Crippen LogP contribution is 2.22. The van der Waals surface area contributed by atoms with Crippen LogP contribution in [0.4, 0.5) is 0 Å². The van der Waals surface area contributed by atoms with Crippen LogP contribution in [0.3, 0.4) is 0 Å². The second-order valence-electron chi connectivity index (χ2n) is 4.29. The summed E-state index contributed by atoms with van der Waals surface area (Å²) in [6.45, 7) is 3.56. The zero-order valence-electron chi connectivity index (χ0n) is 10.1. The van der Waals surface area contributed by atoms with E-state index >= 15 is 0 Å². The first-order valence-electron chi connectivity index (χ1n) is 5.63. The van der Waals surface area contributed by atoms with E-state index in [1.165, 1.54) is 0 Å². The molecule has 1 aliphatic rings. The zero-order chi connectivity index (χ0) is 13.3. The van der Waals surface area contributed by atoms with Crippen LogP contribution in [0.2, 0.25) is 0 Å². The van der Waals surface area contributed by atoms with Gasteiger partial charge in [-0.25, -0.2) is 0 Å². The van der Waals surface area contributed by atoms with Gasteiger partial charge in [-0.2, -0.15) is 4.99 Å². The quantitative estimate of drug-likeness (QED) is 0.654. The lowest BCUT2D eigenvalue weighted by Gasteiger charge is -2.21. The molecule has 1 N–H and O–H groups in total. The third-order valence-electron chi connectivity index (χ3n) is 2.74. The first-order valence-corrected chi connectivity index (χ1v) is 6.06. The largest absolute Gasteiger partial charge is 0.312 e. The zero-order valence-corrected chi connectivity index (χ0v) is 10.9. The SMILES string of the molecule is Cc1cccc(C2C(=O)N=C(C(C)Cl)NC2=O)c1. The maximum absolute atomic E-state index is 12.0. The number of benzene rings is 1. The number of hydrogen-bond acceptors (Lipinski definition) is 2. The summed E-state index contributed by atoms with van der Waals surface area (Å²) in [7, 11) is 0. The molecule has 1 aliphatic heterocycles. The van der Waals surface area contributed by atoms with Crippen molar-refractivity contribution in [3.8, 4) is 0 Å². The van der Waals surface area contributed by atoms with Crippen molar-refractivity contribution in [3.05, 3.63) is 35.4 Å². The van der Waals surface area contributed by atoms with Gasteiger partial charge in [0.25, 0.3) is 5.91 Å². The van der Waals surface area contributed by atoms with E-state index in [-0.39, 0.29) is 11.7 Å². The summed E-state index contributed by atoms with van der Waals surface area (Å²) in [5, 5.41) is 2.08. The Hall–Kier alpha value is -1.68. The van der Waals surface area contributed by atoms with Gasteiger partial charge in [-0.1, -0.05) is 29.8 Å². The number of carbonyl (C=O) groups is 2. The van der Waals surface area contributed by atoms with E-state index < -0.39 is 17.2 Å². The third kappa shape index (κ3) is 2.43.